The number of carbonyl (C=O) groups is 1. The van der Waals surface area contributed by atoms with E-state index < -0.39 is 5.97 Å². The van der Waals surface area contributed by atoms with Crippen LogP contribution in [-0.4, -0.2) is 36.4 Å². The van der Waals surface area contributed by atoms with E-state index in [0.717, 1.165) is 5.56 Å². The lowest BCUT2D eigenvalue weighted by molar-refractivity contribution is -0.136. The Bertz CT molecular complexity index is 1140. The summed E-state index contributed by atoms with van der Waals surface area (Å²) in [6.07, 6.45) is 1.05. The minimum atomic E-state index is -0.943. The number of ether oxygens (including phenoxy) is 4. The summed E-state index contributed by atoms with van der Waals surface area (Å²) in [5.41, 5.74) is 1.39. The van der Waals surface area contributed by atoms with Gasteiger partial charge in [0.1, 0.15) is 5.75 Å². The number of halogens is 2. The fourth-order valence-corrected chi connectivity index (χ4v) is 3.69. The molecule has 0 aliphatic carbocycles. The number of aliphatic carboxylic acids is 1. The highest BCUT2D eigenvalue weighted by Crippen LogP contribution is 2.34. The number of benzene rings is 2. The van der Waals surface area contributed by atoms with E-state index in [0.29, 0.717) is 70.7 Å². The molecule has 3 rings (SSSR count). The van der Waals surface area contributed by atoms with Gasteiger partial charge in [-0.15, -0.1) is 0 Å². The third-order valence-electron chi connectivity index (χ3n) is 4.77. The molecule has 2 aromatic carbocycles. The average molecular weight is 506 g/mol. The second-order valence-corrected chi connectivity index (χ2v) is 8.04. The number of aryl methyl sites for hydroxylation is 1. The third kappa shape index (κ3) is 6.92. The zero-order valence-electron chi connectivity index (χ0n) is 18.8. The summed E-state index contributed by atoms with van der Waals surface area (Å²) in [4.78, 5) is 15.7. The molecule has 1 aromatic heterocycles. The molecule has 0 saturated heterocycles. The van der Waals surface area contributed by atoms with E-state index in [-0.39, 0.29) is 6.42 Å². The van der Waals surface area contributed by atoms with Crippen LogP contribution in [0.2, 0.25) is 10.0 Å². The van der Waals surface area contributed by atoms with E-state index in [1.807, 2.05) is 13.0 Å². The molecule has 0 atom stereocenters. The SMILES string of the molecule is CCOc1ccc(CCCOc2c(CC(=O)O)cccc2OC)c(Oc2ccc(Cl)cc2Cl)n1. The number of rotatable bonds is 12. The number of carboxylic acids is 1. The van der Waals surface area contributed by atoms with Crippen LogP contribution in [0.25, 0.3) is 0 Å². The predicted molar refractivity (Wildman–Crippen MR) is 130 cm³/mol. The second kappa shape index (κ2) is 12.3. The van der Waals surface area contributed by atoms with Crippen molar-refractivity contribution < 1.29 is 28.8 Å². The normalized spacial score (nSPS) is 10.6. The van der Waals surface area contributed by atoms with Crippen LogP contribution in [0, 0.1) is 0 Å². The zero-order valence-corrected chi connectivity index (χ0v) is 20.4. The molecule has 1 N–H and O–H groups in total. The molecule has 180 valence electrons. The molecule has 0 fully saturated rings. The van der Waals surface area contributed by atoms with Gasteiger partial charge in [0, 0.05) is 22.2 Å². The molecule has 7 nitrogen and oxygen atoms in total. The maximum Gasteiger partial charge on any atom is 0.307 e. The lowest BCUT2D eigenvalue weighted by Crippen LogP contribution is -2.07. The van der Waals surface area contributed by atoms with Crippen LogP contribution in [-0.2, 0) is 17.6 Å². The van der Waals surface area contributed by atoms with Crippen molar-refractivity contribution in [2.45, 2.75) is 26.2 Å². The number of aromatic nitrogens is 1. The number of nitrogens with zero attached hydrogens (tertiary/aromatic N) is 1. The van der Waals surface area contributed by atoms with Gasteiger partial charge in [0.15, 0.2) is 11.5 Å². The van der Waals surface area contributed by atoms with Crippen molar-refractivity contribution in [3.63, 3.8) is 0 Å². The smallest absolute Gasteiger partial charge is 0.307 e. The Kier molecular flexibility index (Phi) is 9.24. The molecule has 0 unspecified atom stereocenters. The first kappa shape index (κ1) is 25.5. The summed E-state index contributed by atoms with van der Waals surface area (Å²) in [5, 5.41) is 10.1. The first-order chi connectivity index (χ1) is 16.4. The van der Waals surface area contributed by atoms with Crippen LogP contribution in [0.15, 0.2) is 48.5 Å². The highest BCUT2D eigenvalue weighted by atomic mass is 35.5. The number of pyridine rings is 1. The van der Waals surface area contributed by atoms with Crippen molar-refractivity contribution in [3.8, 4) is 29.0 Å². The molecular formula is C25H25Cl2NO6. The van der Waals surface area contributed by atoms with E-state index in [2.05, 4.69) is 4.98 Å². The first-order valence-electron chi connectivity index (χ1n) is 10.7. The Morgan fingerprint density at radius 3 is 2.56 bits per heavy atom. The summed E-state index contributed by atoms with van der Waals surface area (Å²) in [6.45, 7) is 2.68. The van der Waals surface area contributed by atoms with Crippen LogP contribution in [0.5, 0.6) is 29.0 Å². The largest absolute Gasteiger partial charge is 0.493 e. The number of carboxylic acid groups (broad SMARTS) is 1. The maximum absolute atomic E-state index is 11.2. The van der Waals surface area contributed by atoms with Crippen molar-refractivity contribution in [3.05, 3.63) is 69.7 Å². The standard InChI is InChI=1S/C25H25Cl2NO6/c1-3-32-22-12-9-16(25(28-22)34-20-11-10-18(26)15-19(20)27)7-5-13-33-24-17(14-23(29)30)6-4-8-21(24)31-2/h4,6,8-12,15H,3,5,7,13-14H2,1-2H3,(H,29,30). The van der Waals surface area contributed by atoms with E-state index in [1.54, 1.807) is 42.5 Å². The topological polar surface area (TPSA) is 87.1 Å². The second-order valence-electron chi connectivity index (χ2n) is 7.19. The fraction of sp³-hybridized carbons (Fsp3) is 0.280. The molecule has 9 heteroatoms. The average Bonchev–Trinajstić information content (AvgIpc) is 2.80. The molecule has 0 bridgehead atoms. The van der Waals surface area contributed by atoms with Crippen molar-refractivity contribution in [2.75, 3.05) is 20.3 Å². The maximum atomic E-state index is 11.2. The van der Waals surface area contributed by atoms with Gasteiger partial charge < -0.3 is 24.1 Å². The number of hydrogen-bond acceptors (Lipinski definition) is 6. The van der Waals surface area contributed by atoms with Crippen molar-refractivity contribution >= 4 is 29.2 Å². The van der Waals surface area contributed by atoms with Crippen LogP contribution >= 0.6 is 23.2 Å². The Morgan fingerprint density at radius 1 is 1.03 bits per heavy atom. The molecule has 0 aliphatic heterocycles. The molecule has 0 aliphatic rings. The number of para-hydroxylation sites is 1. The molecule has 0 spiro atoms. The Hall–Kier alpha value is -3.16. The third-order valence-corrected chi connectivity index (χ3v) is 5.30. The first-order valence-corrected chi connectivity index (χ1v) is 11.4. The molecule has 34 heavy (non-hydrogen) atoms. The minimum Gasteiger partial charge on any atom is -0.493 e. The quantitative estimate of drug-likeness (QED) is 0.292. The van der Waals surface area contributed by atoms with Gasteiger partial charge in [-0.25, -0.2) is 0 Å². The summed E-state index contributed by atoms with van der Waals surface area (Å²) in [6, 6.07) is 13.8. The predicted octanol–water partition coefficient (Wildman–Crippen LogP) is 6.23. The van der Waals surface area contributed by atoms with Gasteiger partial charge in [0.2, 0.25) is 11.8 Å². The van der Waals surface area contributed by atoms with E-state index in [9.17, 15) is 9.90 Å². The summed E-state index contributed by atoms with van der Waals surface area (Å²) in [7, 11) is 1.52. The van der Waals surface area contributed by atoms with Gasteiger partial charge in [-0.2, -0.15) is 4.98 Å². The van der Waals surface area contributed by atoms with Gasteiger partial charge in [-0.3, -0.25) is 4.79 Å². The van der Waals surface area contributed by atoms with Crippen molar-refractivity contribution in [1.29, 1.82) is 0 Å². The number of methoxy groups -OCH3 is 1. The highest BCUT2D eigenvalue weighted by Gasteiger charge is 2.15. The molecular weight excluding hydrogens is 481 g/mol. The molecule has 0 amide bonds. The van der Waals surface area contributed by atoms with Gasteiger partial charge in [0.25, 0.3) is 0 Å². The Labute approximate surface area is 208 Å². The molecule has 0 radical (unpaired) electrons. The van der Waals surface area contributed by atoms with Crippen molar-refractivity contribution in [2.24, 2.45) is 0 Å². The van der Waals surface area contributed by atoms with Crippen LogP contribution < -0.4 is 18.9 Å². The van der Waals surface area contributed by atoms with Crippen LogP contribution in [0.3, 0.4) is 0 Å². The zero-order chi connectivity index (χ0) is 24.5. The highest BCUT2D eigenvalue weighted by molar-refractivity contribution is 6.35. The lowest BCUT2D eigenvalue weighted by atomic mass is 10.1. The Morgan fingerprint density at radius 2 is 1.85 bits per heavy atom. The van der Waals surface area contributed by atoms with Crippen LogP contribution in [0.1, 0.15) is 24.5 Å². The van der Waals surface area contributed by atoms with Gasteiger partial charge in [0.05, 0.1) is 31.8 Å². The minimum absolute atomic E-state index is 0.158. The van der Waals surface area contributed by atoms with Gasteiger partial charge in [-0.05, 0) is 50.1 Å². The van der Waals surface area contributed by atoms with Crippen molar-refractivity contribution in [1.82, 2.24) is 4.98 Å². The lowest BCUT2D eigenvalue weighted by Gasteiger charge is -2.15. The summed E-state index contributed by atoms with van der Waals surface area (Å²) < 4.78 is 22.8. The van der Waals surface area contributed by atoms with Crippen LogP contribution in [0.4, 0.5) is 0 Å². The summed E-state index contributed by atoms with van der Waals surface area (Å²) >= 11 is 12.2. The molecule has 0 saturated carbocycles. The number of hydrogen-bond donors (Lipinski definition) is 1. The monoisotopic (exact) mass is 505 g/mol. The van der Waals surface area contributed by atoms with E-state index in [4.69, 9.17) is 42.1 Å². The van der Waals surface area contributed by atoms with E-state index in [1.165, 1.54) is 7.11 Å². The fourth-order valence-electron chi connectivity index (χ4n) is 3.25. The van der Waals surface area contributed by atoms with Gasteiger partial charge in [-0.1, -0.05) is 35.3 Å². The van der Waals surface area contributed by atoms with E-state index >= 15 is 0 Å². The Balaban J connectivity index is 1.73. The van der Waals surface area contributed by atoms with Gasteiger partial charge >= 0.3 is 5.97 Å². The molecule has 1 heterocycles. The molecule has 3 aromatic rings. The summed E-state index contributed by atoms with van der Waals surface area (Å²) in [5.74, 6) is 1.22.